The Balaban J connectivity index is 2.57. The molecule has 88 valence electrons. The molecule has 4 nitrogen and oxygen atoms in total. The van der Waals surface area contributed by atoms with Crippen molar-refractivity contribution in [2.24, 2.45) is 0 Å². The van der Waals surface area contributed by atoms with Crippen molar-refractivity contribution in [2.45, 2.75) is 10.1 Å². The van der Waals surface area contributed by atoms with Gasteiger partial charge in [-0.3, -0.25) is 0 Å². The Bertz CT molecular complexity index is 645. The van der Waals surface area contributed by atoms with Gasteiger partial charge in [-0.15, -0.1) is 0 Å². The molecule has 0 saturated heterocycles. The largest absolute Gasteiger partial charge is 0.253 e. The van der Waals surface area contributed by atoms with E-state index in [0.717, 1.165) is 6.20 Å². The molecule has 1 heterocycles. The van der Waals surface area contributed by atoms with Crippen molar-refractivity contribution in [1.29, 1.82) is 0 Å². The van der Waals surface area contributed by atoms with Gasteiger partial charge in [0.2, 0.25) is 9.84 Å². The summed E-state index contributed by atoms with van der Waals surface area (Å²) < 4.78 is 24.1. The van der Waals surface area contributed by atoms with E-state index in [1.54, 1.807) is 18.2 Å². The van der Waals surface area contributed by atoms with Gasteiger partial charge in [-0.25, -0.2) is 18.4 Å². The first-order valence-electron chi connectivity index (χ1n) is 4.50. The van der Waals surface area contributed by atoms with E-state index in [2.05, 4.69) is 9.97 Å². The van der Waals surface area contributed by atoms with Gasteiger partial charge in [0.15, 0.2) is 5.15 Å². The molecule has 0 unspecified atom stereocenters. The number of sulfone groups is 1. The van der Waals surface area contributed by atoms with Crippen LogP contribution >= 0.6 is 23.2 Å². The lowest BCUT2D eigenvalue weighted by Gasteiger charge is -2.03. The van der Waals surface area contributed by atoms with E-state index in [1.165, 1.54) is 12.1 Å². The minimum Gasteiger partial charge on any atom is -0.225 e. The molecule has 1 aromatic heterocycles. The zero-order chi connectivity index (χ0) is 12.5. The highest BCUT2D eigenvalue weighted by molar-refractivity contribution is 7.91. The van der Waals surface area contributed by atoms with Crippen LogP contribution in [-0.2, 0) is 9.84 Å². The summed E-state index contributed by atoms with van der Waals surface area (Å²) in [6.45, 7) is 0. The third kappa shape index (κ3) is 2.41. The second-order valence-corrected chi connectivity index (χ2v) is 5.72. The Kier molecular flexibility index (Phi) is 3.33. The predicted octanol–water partition coefficient (Wildman–Crippen LogP) is 2.62. The highest BCUT2D eigenvalue weighted by Gasteiger charge is 2.21. The van der Waals surface area contributed by atoms with Gasteiger partial charge in [-0.2, -0.15) is 0 Å². The summed E-state index contributed by atoms with van der Waals surface area (Å²) >= 11 is 11.3. The van der Waals surface area contributed by atoms with Gasteiger partial charge in [0, 0.05) is 0 Å². The van der Waals surface area contributed by atoms with Crippen LogP contribution < -0.4 is 0 Å². The van der Waals surface area contributed by atoms with Crippen molar-refractivity contribution in [3.05, 3.63) is 46.7 Å². The SMILES string of the molecule is O=S(=O)(c1ccccc1)c1ncc(Cl)c(Cl)n1. The van der Waals surface area contributed by atoms with E-state index in [1.807, 2.05) is 0 Å². The maximum atomic E-state index is 12.1. The number of rotatable bonds is 2. The van der Waals surface area contributed by atoms with E-state index in [4.69, 9.17) is 23.2 Å². The van der Waals surface area contributed by atoms with Crippen molar-refractivity contribution in [2.75, 3.05) is 0 Å². The van der Waals surface area contributed by atoms with Crippen LogP contribution in [0.15, 0.2) is 46.6 Å². The number of hydrogen-bond donors (Lipinski definition) is 0. The zero-order valence-electron chi connectivity index (χ0n) is 8.34. The predicted molar refractivity (Wildman–Crippen MR) is 63.9 cm³/mol. The first-order valence-corrected chi connectivity index (χ1v) is 6.74. The van der Waals surface area contributed by atoms with E-state index < -0.39 is 9.84 Å². The molecule has 7 heteroatoms. The van der Waals surface area contributed by atoms with E-state index >= 15 is 0 Å². The molecule has 0 N–H and O–H groups in total. The summed E-state index contributed by atoms with van der Waals surface area (Å²) in [6.07, 6.45) is 1.16. The average molecular weight is 289 g/mol. The second-order valence-electron chi connectivity index (χ2n) is 3.11. The van der Waals surface area contributed by atoms with Crippen molar-refractivity contribution < 1.29 is 8.42 Å². The molecule has 2 rings (SSSR count). The van der Waals surface area contributed by atoms with Crippen LogP contribution in [0.5, 0.6) is 0 Å². The average Bonchev–Trinajstić information content (AvgIpc) is 2.33. The first-order chi connectivity index (χ1) is 8.01. The highest BCUT2D eigenvalue weighted by Crippen LogP contribution is 2.22. The van der Waals surface area contributed by atoms with Gasteiger partial charge < -0.3 is 0 Å². The lowest BCUT2D eigenvalue weighted by atomic mass is 10.4. The standard InChI is InChI=1S/C10H6Cl2N2O2S/c11-8-6-13-10(14-9(8)12)17(15,16)7-4-2-1-3-5-7/h1-6H. The second kappa shape index (κ2) is 4.60. The van der Waals surface area contributed by atoms with Gasteiger partial charge in [-0.05, 0) is 12.1 Å². The van der Waals surface area contributed by atoms with Gasteiger partial charge in [0.05, 0.1) is 16.1 Å². The molecule has 0 aliphatic carbocycles. The fourth-order valence-electron chi connectivity index (χ4n) is 1.17. The van der Waals surface area contributed by atoms with E-state index in [0.29, 0.717) is 0 Å². The molecule has 0 amide bonds. The molecule has 17 heavy (non-hydrogen) atoms. The van der Waals surface area contributed by atoms with Gasteiger partial charge in [-0.1, -0.05) is 41.4 Å². The van der Waals surface area contributed by atoms with Crippen LogP contribution in [0.3, 0.4) is 0 Å². The van der Waals surface area contributed by atoms with Gasteiger partial charge in [0.1, 0.15) is 0 Å². The summed E-state index contributed by atoms with van der Waals surface area (Å²) in [7, 11) is -3.74. The molecule has 0 fully saturated rings. The summed E-state index contributed by atoms with van der Waals surface area (Å²) in [5.74, 6) is 0. The number of nitrogens with zero attached hydrogens (tertiary/aromatic N) is 2. The lowest BCUT2D eigenvalue weighted by molar-refractivity contribution is 0.587. The first kappa shape index (κ1) is 12.3. The molecular weight excluding hydrogens is 283 g/mol. The van der Waals surface area contributed by atoms with E-state index in [9.17, 15) is 8.42 Å². The van der Waals surface area contributed by atoms with Crippen LogP contribution in [0, 0.1) is 0 Å². The molecule has 0 aliphatic heterocycles. The molecule has 0 atom stereocenters. The van der Waals surface area contributed by atoms with Crippen LogP contribution in [0.4, 0.5) is 0 Å². The maximum Gasteiger partial charge on any atom is 0.253 e. The smallest absolute Gasteiger partial charge is 0.225 e. The highest BCUT2D eigenvalue weighted by atomic mass is 35.5. The molecule has 0 saturated carbocycles. The normalized spacial score (nSPS) is 11.4. The van der Waals surface area contributed by atoms with Gasteiger partial charge >= 0.3 is 0 Å². The molecule has 0 aliphatic rings. The number of hydrogen-bond acceptors (Lipinski definition) is 4. The lowest BCUT2D eigenvalue weighted by Crippen LogP contribution is -2.07. The topological polar surface area (TPSA) is 59.9 Å². The molecule has 0 spiro atoms. The number of aromatic nitrogens is 2. The Morgan fingerprint density at radius 1 is 1.06 bits per heavy atom. The van der Waals surface area contributed by atoms with Crippen LogP contribution in [0.25, 0.3) is 0 Å². The van der Waals surface area contributed by atoms with Crippen LogP contribution in [0.1, 0.15) is 0 Å². The Hall–Kier alpha value is -1.17. The minimum atomic E-state index is -3.74. The van der Waals surface area contributed by atoms with Crippen molar-refractivity contribution in [3.8, 4) is 0 Å². The van der Waals surface area contributed by atoms with Crippen LogP contribution in [-0.4, -0.2) is 18.4 Å². The zero-order valence-corrected chi connectivity index (χ0v) is 10.7. The molecule has 0 radical (unpaired) electrons. The third-order valence-corrected chi connectivity index (χ3v) is 4.20. The molecule has 1 aromatic carbocycles. The number of halogens is 2. The maximum absolute atomic E-state index is 12.1. The third-order valence-electron chi connectivity index (χ3n) is 1.97. The molecule has 0 bridgehead atoms. The van der Waals surface area contributed by atoms with Crippen molar-refractivity contribution >= 4 is 33.0 Å². The van der Waals surface area contributed by atoms with Gasteiger partial charge in [0.25, 0.3) is 5.16 Å². The van der Waals surface area contributed by atoms with E-state index in [-0.39, 0.29) is 20.2 Å². The fraction of sp³-hybridized carbons (Fsp3) is 0. The summed E-state index contributed by atoms with van der Waals surface area (Å²) in [6, 6.07) is 7.87. The molecule has 2 aromatic rings. The number of benzene rings is 1. The van der Waals surface area contributed by atoms with Crippen molar-refractivity contribution in [3.63, 3.8) is 0 Å². The summed E-state index contributed by atoms with van der Waals surface area (Å²) in [5.41, 5.74) is 0. The minimum absolute atomic E-state index is 0.0869. The summed E-state index contributed by atoms with van der Waals surface area (Å²) in [5, 5.41) is -0.340. The summed E-state index contributed by atoms with van der Waals surface area (Å²) in [4.78, 5) is 7.44. The fourth-order valence-corrected chi connectivity index (χ4v) is 2.57. The monoisotopic (exact) mass is 288 g/mol. The quantitative estimate of drug-likeness (QED) is 0.630. The Morgan fingerprint density at radius 2 is 1.71 bits per heavy atom. The Labute approximate surface area is 108 Å². The van der Waals surface area contributed by atoms with Crippen LogP contribution in [0.2, 0.25) is 10.2 Å². The van der Waals surface area contributed by atoms with Crippen molar-refractivity contribution in [1.82, 2.24) is 9.97 Å². The Morgan fingerprint density at radius 3 is 2.29 bits per heavy atom. The molecular formula is C10H6Cl2N2O2S.